The molecule has 0 bridgehead atoms. The molecule has 0 heterocycles. The van der Waals surface area contributed by atoms with E-state index in [4.69, 9.17) is 10.2 Å². The van der Waals surface area contributed by atoms with E-state index in [1.54, 1.807) is 21.7 Å². The summed E-state index contributed by atoms with van der Waals surface area (Å²) in [5.41, 5.74) is 0. The molecule has 2 radical (unpaired) electrons. The average Bonchev–Trinajstić information content (AvgIpc) is 2.87. The van der Waals surface area contributed by atoms with Gasteiger partial charge in [-0.05, 0) is 12.8 Å². The second kappa shape index (κ2) is 40.2. The van der Waals surface area contributed by atoms with Gasteiger partial charge in [0.2, 0.25) is 0 Å². The number of carboxylic acids is 2. The Bertz CT molecular complexity index is 391. The summed E-state index contributed by atoms with van der Waals surface area (Å²) < 4.78 is 3.31. The molecule has 0 amide bonds. The third-order valence-electron chi connectivity index (χ3n) is 6.40. The van der Waals surface area contributed by atoms with Gasteiger partial charge < -0.3 is 10.2 Å². The van der Waals surface area contributed by atoms with Gasteiger partial charge in [0.25, 0.3) is 0 Å². The number of hydrogen-bond donors (Lipinski definition) is 2. The summed E-state index contributed by atoms with van der Waals surface area (Å²) in [6.45, 7) is 8.90. The zero-order valence-electron chi connectivity index (χ0n) is 25.6. The number of unbranched alkanes of at least 4 members (excludes halogenated alkanes) is 18. The number of hydrogen-bond acceptors (Lipinski definition) is 2. The van der Waals surface area contributed by atoms with Crippen molar-refractivity contribution in [3.05, 3.63) is 0 Å². The van der Waals surface area contributed by atoms with Crippen LogP contribution in [0.25, 0.3) is 0 Å². The van der Waals surface area contributed by atoms with Crippen LogP contribution in [-0.4, -0.2) is 43.3 Å². The van der Waals surface area contributed by atoms with Crippen molar-refractivity contribution in [1.29, 1.82) is 0 Å². The van der Waals surface area contributed by atoms with E-state index in [1.807, 2.05) is 0 Å². The molecule has 0 unspecified atom stereocenters. The Morgan fingerprint density at radius 2 is 0.649 bits per heavy atom. The molecule has 0 aromatic heterocycles. The van der Waals surface area contributed by atoms with Gasteiger partial charge in [0.1, 0.15) is 0 Å². The molecule has 0 aliphatic carbocycles. The molecule has 0 saturated heterocycles. The Balaban J connectivity index is -0.000000499. The van der Waals surface area contributed by atoms with Crippen LogP contribution in [0.3, 0.4) is 0 Å². The molecule has 0 aliphatic heterocycles. The van der Waals surface area contributed by atoms with Gasteiger partial charge in [-0.3, -0.25) is 9.59 Å². The summed E-state index contributed by atoms with van der Waals surface area (Å²) >= 11 is 0.0736. The number of carboxylic acid groups (broad SMARTS) is 2. The van der Waals surface area contributed by atoms with Crippen LogP contribution in [-0.2, 0) is 9.59 Å². The predicted molar refractivity (Wildman–Crippen MR) is 164 cm³/mol. The van der Waals surface area contributed by atoms with Crippen LogP contribution >= 0.6 is 0 Å². The molecule has 4 nitrogen and oxygen atoms in total. The molecule has 0 aromatic carbocycles. The topological polar surface area (TPSA) is 74.6 Å². The fourth-order valence-corrected chi connectivity index (χ4v) is 7.51. The first kappa shape index (κ1) is 41.2. The van der Waals surface area contributed by atoms with Crippen molar-refractivity contribution < 1.29 is 19.8 Å². The van der Waals surface area contributed by atoms with E-state index in [-0.39, 0.29) is 21.1 Å². The van der Waals surface area contributed by atoms with Crippen LogP contribution in [0, 0.1) is 0 Å². The Kier molecular flexibility index (Phi) is 44.8. The van der Waals surface area contributed by atoms with Crippen molar-refractivity contribution in [2.45, 2.75) is 191 Å². The van der Waals surface area contributed by atoms with Crippen LogP contribution in [0.5, 0.6) is 0 Å². The molecule has 0 aromatic rings. The van der Waals surface area contributed by atoms with Gasteiger partial charge in [0.15, 0.2) is 0 Å². The van der Waals surface area contributed by atoms with Crippen LogP contribution in [0.2, 0.25) is 8.87 Å². The van der Waals surface area contributed by atoms with Crippen molar-refractivity contribution in [3.8, 4) is 0 Å². The first-order valence-electron chi connectivity index (χ1n) is 16.1. The minimum atomic E-state index is -0.670. The van der Waals surface area contributed by atoms with Crippen LogP contribution in [0.1, 0.15) is 182 Å². The Labute approximate surface area is 242 Å². The third-order valence-corrected chi connectivity index (χ3v) is 10.4. The molecule has 222 valence electrons. The third kappa shape index (κ3) is 52.9. The number of rotatable bonds is 26. The van der Waals surface area contributed by atoms with E-state index in [9.17, 15) is 9.59 Å². The Morgan fingerprint density at radius 3 is 0.919 bits per heavy atom. The Morgan fingerprint density at radius 1 is 0.405 bits per heavy atom. The maximum absolute atomic E-state index is 10.0. The van der Waals surface area contributed by atoms with Crippen molar-refractivity contribution in [3.63, 3.8) is 0 Å². The molecule has 0 fully saturated rings. The van der Waals surface area contributed by atoms with E-state index in [0.29, 0.717) is 12.8 Å². The summed E-state index contributed by atoms with van der Waals surface area (Å²) in [6, 6.07) is 0. The zero-order valence-corrected chi connectivity index (χ0v) is 28.4. The molecule has 0 saturated carbocycles. The number of carbonyl (C=O) groups is 2. The van der Waals surface area contributed by atoms with Gasteiger partial charge in [-0.15, -0.1) is 0 Å². The molecule has 0 rings (SSSR count). The summed E-state index contributed by atoms with van der Waals surface area (Å²) in [7, 11) is 0. The normalized spacial score (nSPS) is 10.3. The SMILES string of the molecule is CCCCCCCC(=O)O.CCCCCCCC(=O)O.CCCCCCC[CH2][Sn][CH2]CCCCCCC. The van der Waals surface area contributed by atoms with Crippen LogP contribution < -0.4 is 0 Å². The van der Waals surface area contributed by atoms with Crippen molar-refractivity contribution in [1.82, 2.24) is 0 Å². The standard InChI is InChI=1S/2C8H16O2.2C8H17.Sn/c2*1-2-3-4-5-6-7-8(9)10;2*1-3-5-7-8-6-4-2;/h2*2-7H2,1H3,(H,9,10);2*1,3-8H2,2H3;. The summed E-state index contributed by atoms with van der Waals surface area (Å²) in [5.74, 6) is -1.34. The maximum atomic E-state index is 10.0. The van der Waals surface area contributed by atoms with Crippen LogP contribution in [0.4, 0.5) is 0 Å². The van der Waals surface area contributed by atoms with Crippen molar-refractivity contribution in [2.24, 2.45) is 0 Å². The van der Waals surface area contributed by atoms with Crippen LogP contribution in [0.15, 0.2) is 0 Å². The van der Waals surface area contributed by atoms with E-state index in [1.165, 1.54) is 103 Å². The van der Waals surface area contributed by atoms with Gasteiger partial charge in [-0.2, -0.15) is 0 Å². The van der Waals surface area contributed by atoms with Gasteiger partial charge in [0.05, 0.1) is 0 Å². The second-order valence-corrected chi connectivity index (χ2v) is 14.7. The molecule has 2 N–H and O–H groups in total. The second-order valence-electron chi connectivity index (χ2n) is 10.4. The van der Waals surface area contributed by atoms with Crippen molar-refractivity contribution in [2.75, 3.05) is 0 Å². The first-order chi connectivity index (χ1) is 18.0. The predicted octanol–water partition coefficient (Wildman–Crippen LogP) is 11.1. The van der Waals surface area contributed by atoms with Gasteiger partial charge in [-0.1, -0.05) is 65.2 Å². The quantitative estimate of drug-likeness (QED) is 0.0734. The summed E-state index contributed by atoms with van der Waals surface area (Å²) in [6.07, 6.45) is 29.6. The first-order valence-corrected chi connectivity index (χ1v) is 20.1. The number of aliphatic carboxylic acids is 2. The van der Waals surface area contributed by atoms with E-state index < -0.39 is 11.9 Å². The molecule has 0 spiro atoms. The van der Waals surface area contributed by atoms with Crippen molar-refractivity contribution >= 4 is 33.1 Å². The monoisotopic (exact) mass is 634 g/mol. The summed E-state index contributed by atoms with van der Waals surface area (Å²) in [4.78, 5) is 20.1. The molecular weight excluding hydrogens is 567 g/mol. The fourth-order valence-electron chi connectivity index (χ4n) is 3.95. The van der Waals surface area contributed by atoms with Gasteiger partial charge in [0, 0.05) is 12.8 Å². The average molecular weight is 634 g/mol. The minimum absolute atomic E-state index is 0.0736. The molecule has 0 aliphatic rings. The van der Waals surface area contributed by atoms with E-state index >= 15 is 0 Å². The fraction of sp³-hybridized carbons (Fsp3) is 0.938. The zero-order chi connectivity index (χ0) is 28.2. The molecule has 37 heavy (non-hydrogen) atoms. The van der Waals surface area contributed by atoms with Gasteiger partial charge in [-0.25, -0.2) is 0 Å². The van der Waals surface area contributed by atoms with Gasteiger partial charge >= 0.3 is 133 Å². The molecular formula is C32H66O4Sn. The molecule has 5 heteroatoms. The molecule has 0 atom stereocenters. The summed E-state index contributed by atoms with van der Waals surface area (Å²) in [5, 5.41) is 16.5. The van der Waals surface area contributed by atoms with E-state index in [2.05, 4.69) is 27.7 Å². The Hall–Kier alpha value is -0.261. The van der Waals surface area contributed by atoms with E-state index in [0.717, 1.165) is 25.7 Å².